The van der Waals surface area contributed by atoms with Crippen molar-refractivity contribution < 1.29 is 9.26 Å². The lowest BCUT2D eigenvalue weighted by molar-refractivity contribution is 0.0939. The average molecular weight is 513 g/mol. The zero-order valence-electron chi connectivity index (χ0n) is 21.1. The van der Waals surface area contributed by atoms with Crippen LogP contribution in [0.15, 0.2) is 65.4 Å². The van der Waals surface area contributed by atoms with Crippen molar-refractivity contribution in [1.29, 1.82) is 0 Å². The first-order chi connectivity index (χ1) is 18.1. The number of hydrogen-bond donors (Lipinski definition) is 0. The van der Waals surface area contributed by atoms with Crippen LogP contribution < -0.4 is 4.90 Å². The van der Waals surface area contributed by atoms with E-state index >= 15 is 0 Å². The van der Waals surface area contributed by atoms with Gasteiger partial charge in [0.25, 0.3) is 0 Å². The van der Waals surface area contributed by atoms with E-state index in [4.69, 9.17) is 19.2 Å². The molecule has 1 aliphatic rings. The highest BCUT2D eigenvalue weighted by Crippen LogP contribution is 2.37. The molecule has 8 nitrogen and oxygen atoms in total. The van der Waals surface area contributed by atoms with E-state index in [0.29, 0.717) is 19.0 Å². The number of benzene rings is 2. The third kappa shape index (κ3) is 4.49. The largest absolute Gasteiger partial charge is 0.377 e. The third-order valence-electron chi connectivity index (χ3n) is 6.74. The van der Waals surface area contributed by atoms with Crippen molar-refractivity contribution in [3.63, 3.8) is 0 Å². The number of hydrogen-bond acceptors (Lipinski definition) is 8. The quantitative estimate of drug-likeness (QED) is 0.288. The predicted molar refractivity (Wildman–Crippen MR) is 147 cm³/mol. The van der Waals surface area contributed by atoms with Gasteiger partial charge in [0, 0.05) is 23.7 Å². The second-order valence-electron chi connectivity index (χ2n) is 9.18. The Labute approximate surface area is 219 Å². The fourth-order valence-corrected chi connectivity index (χ4v) is 5.41. The summed E-state index contributed by atoms with van der Waals surface area (Å²) in [6.45, 7) is 5.88. The molecular formula is C28H28N6O2S. The van der Waals surface area contributed by atoms with Gasteiger partial charge in [0.15, 0.2) is 5.82 Å². The minimum Gasteiger partial charge on any atom is -0.377 e. The maximum Gasteiger partial charge on any atom is 0.165 e. The summed E-state index contributed by atoms with van der Waals surface area (Å²) in [7, 11) is 0. The van der Waals surface area contributed by atoms with Crippen LogP contribution in [-0.2, 0) is 10.6 Å². The molecule has 0 saturated carbocycles. The van der Waals surface area contributed by atoms with E-state index in [2.05, 4.69) is 63.9 Å². The number of aromatic nitrogens is 5. The first-order valence-electron chi connectivity index (χ1n) is 12.3. The molecule has 2 aromatic carbocycles. The first-order valence-corrected chi connectivity index (χ1v) is 13.7. The van der Waals surface area contributed by atoms with Crippen molar-refractivity contribution >= 4 is 28.5 Å². The van der Waals surface area contributed by atoms with Crippen LogP contribution in [0.3, 0.4) is 0 Å². The summed E-state index contributed by atoms with van der Waals surface area (Å²) >= 11 is 1.72. The molecule has 5 aromatic rings. The lowest BCUT2D eigenvalue weighted by Gasteiger charge is -2.37. The second-order valence-corrected chi connectivity index (χ2v) is 10.0. The van der Waals surface area contributed by atoms with Crippen LogP contribution in [0.2, 0.25) is 0 Å². The monoisotopic (exact) mass is 512 g/mol. The molecule has 0 spiro atoms. The molecule has 0 bridgehead atoms. The fraction of sp³-hybridized carbons (Fsp3) is 0.286. The SMILES string of the molecule is CSCn1cc(-c2nc(N3CCOC[C@@H]3c3ccccc3)c3cc(-c4c(C)noc4C)ccc3n2)cn1. The highest BCUT2D eigenvalue weighted by molar-refractivity contribution is 7.97. The molecule has 37 heavy (non-hydrogen) atoms. The van der Waals surface area contributed by atoms with E-state index in [0.717, 1.165) is 57.3 Å². The maximum absolute atomic E-state index is 5.94. The van der Waals surface area contributed by atoms with E-state index in [1.54, 1.807) is 11.8 Å². The molecule has 0 unspecified atom stereocenters. The maximum atomic E-state index is 5.94. The number of nitrogens with zero attached hydrogens (tertiary/aromatic N) is 6. The van der Waals surface area contributed by atoms with Gasteiger partial charge in [0.1, 0.15) is 11.6 Å². The van der Waals surface area contributed by atoms with Crippen LogP contribution >= 0.6 is 11.8 Å². The lowest BCUT2D eigenvalue weighted by atomic mass is 10.0. The van der Waals surface area contributed by atoms with Crippen LogP contribution in [0.5, 0.6) is 0 Å². The highest BCUT2D eigenvalue weighted by Gasteiger charge is 2.28. The molecule has 0 N–H and O–H groups in total. The van der Waals surface area contributed by atoms with Gasteiger partial charge in [-0.3, -0.25) is 4.68 Å². The number of anilines is 1. The van der Waals surface area contributed by atoms with Crippen LogP contribution in [0.4, 0.5) is 5.82 Å². The number of thioether (sulfide) groups is 1. The van der Waals surface area contributed by atoms with Gasteiger partial charge in [0.05, 0.1) is 48.1 Å². The van der Waals surface area contributed by atoms with Gasteiger partial charge in [-0.25, -0.2) is 9.97 Å². The normalized spacial score (nSPS) is 16.0. The Balaban J connectivity index is 1.54. The lowest BCUT2D eigenvalue weighted by Crippen LogP contribution is -2.40. The van der Waals surface area contributed by atoms with E-state index in [9.17, 15) is 0 Å². The molecule has 1 aliphatic heterocycles. The van der Waals surface area contributed by atoms with Gasteiger partial charge >= 0.3 is 0 Å². The van der Waals surface area contributed by atoms with Crippen molar-refractivity contribution in [2.45, 2.75) is 25.8 Å². The summed E-state index contributed by atoms with van der Waals surface area (Å²) in [4.78, 5) is 12.5. The highest BCUT2D eigenvalue weighted by atomic mass is 32.2. The Morgan fingerprint density at radius 1 is 1.05 bits per heavy atom. The summed E-state index contributed by atoms with van der Waals surface area (Å²) < 4.78 is 13.3. The Kier molecular flexibility index (Phi) is 6.40. The molecule has 1 fully saturated rings. The van der Waals surface area contributed by atoms with Gasteiger partial charge < -0.3 is 14.2 Å². The van der Waals surface area contributed by atoms with Crippen molar-refractivity contribution in [2.24, 2.45) is 0 Å². The van der Waals surface area contributed by atoms with Crippen LogP contribution in [0.25, 0.3) is 33.4 Å². The summed E-state index contributed by atoms with van der Waals surface area (Å²) in [5, 5.41) is 9.65. The molecule has 6 rings (SSSR count). The van der Waals surface area contributed by atoms with E-state index < -0.39 is 0 Å². The zero-order chi connectivity index (χ0) is 25.4. The van der Waals surface area contributed by atoms with Crippen LogP contribution in [0, 0.1) is 13.8 Å². The minimum absolute atomic E-state index is 0.0443. The number of aryl methyl sites for hydroxylation is 2. The fourth-order valence-electron chi connectivity index (χ4n) is 5.00. The van der Waals surface area contributed by atoms with Gasteiger partial charge in [-0.15, -0.1) is 11.8 Å². The standard InChI is InChI=1S/C28H28N6O2S/c1-18-26(19(2)36-32-18)21-9-10-24-23(13-21)28(31-27(30-24)22-14-29-33(15-22)17-37-3)34-11-12-35-16-25(34)20-7-5-4-6-8-20/h4-10,13-15,25H,11-12,16-17H2,1-3H3/t25-/m1/s1. The van der Waals surface area contributed by atoms with Crippen molar-refractivity contribution in [1.82, 2.24) is 24.9 Å². The number of ether oxygens (including phenoxy) is 1. The Morgan fingerprint density at radius 2 is 1.92 bits per heavy atom. The van der Waals surface area contributed by atoms with Gasteiger partial charge in [-0.05, 0) is 43.4 Å². The molecule has 0 aliphatic carbocycles. The third-order valence-corrected chi connectivity index (χ3v) is 7.26. The molecule has 0 radical (unpaired) electrons. The minimum atomic E-state index is 0.0443. The molecule has 9 heteroatoms. The molecule has 1 saturated heterocycles. The van der Waals surface area contributed by atoms with E-state index in [-0.39, 0.29) is 6.04 Å². The van der Waals surface area contributed by atoms with Crippen LogP contribution in [0.1, 0.15) is 23.1 Å². The van der Waals surface area contributed by atoms with Crippen molar-refractivity contribution in [2.75, 3.05) is 30.9 Å². The Morgan fingerprint density at radius 3 is 2.70 bits per heavy atom. The smallest absolute Gasteiger partial charge is 0.165 e. The number of fused-ring (bicyclic) bond motifs is 1. The number of rotatable bonds is 6. The van der Waals surface area contributed by atoms with Crippen molar-refractivity contribution in [3.8, 4) is 22.5 Å². The number of morpholine rings is 1. The average Bonchev–Trinajstić information content (AvgIpc) is 3.54. The van der Waals surface area contributed by atoms with Gasteiger partial charge in [0.2, 0.25) is 0 Å². The second kappa shape index (κ2) is 9.99. The topological polar surface area (TPSA) is 82.1 Å². The van der Waals surface area contributed by atoms with E-state index in [1.165, 1.54) is 5.56 Å². The van der Waals surface area contributed by atoms with E-state index in [1.807, 2.05) is 37.0 Å². The van der Waals surface area contributed by atoms with Crippen LogP contribution in [-0.4, -0.2) is 50.9 Å². The first kappa shape index (κ1) is 23.7. The molecule has 1 atom stereocenters. The summed E-state index contributed by atoms with van der Waals surface area (Å²) in [5.74, 6) is 3.13. The van der Waals surface area contributed by atoms with Gasteiger partial charge in [-0.2, -0.15) is 5.10 Å². The van der Waals surface area contributed by atoms with Gasteiger partial charge in [-0.1, -0.05) is 41.6 Å². The Hall–Kier alpha value is -3.69. The Bertz CT molecular complexity index is 1530. The zero-order valence-corrected chi connectivity index (χ0v) is 21.9. The van der Waals surface area contributed by atoms with Crippen molar-refractivity contribution in [3.05, 3.63) is 77.9 Å². The molecule has 188 valence electrons. The predicted octanol–water partition coefficient (Wildman–Crippen LogP) is 5.66. The summed E-state index contributed by atoms with van der Waals surface area (Å²) in [6.07, 6.45) is 5.91. The molecule has 0 amide bonds. The molecule has 3 aromatic heterocycles. The molecular weight excluding hydrogens is 484 g/mol. The summed E-state index contributed by atoms with van der Waals surface area (Å²) in [5.41, 5.74) is 5.90. The summed E-state index contributed by atoms with van der Waals surface area (Å²) in [6, 6.07) is 16.8. The molecule has 4 heterocycles.